The van der Waals surface area contributed by atoms with Crippen LogP contribution in [0.3, 0.4) is 0 Å². The van der Waals surface area contributed by atoms with Crippen molar-refractivity contribution in [3.8, 4) is 0 Å². The van der Waals surface area contributed by atoms with Crippen molar-refractivity contribution in [1.29, 1.82) is 0 Å². The van der Waals surface area contributed by atoms with E-state index in [9.17, 15) is 0 Å². The summed E-state index contributed by atoms with van der Waals surface area (Å²) in [5.74, 6) is 1.61. The van der Waals surface area contributed by atoms with E-state index in [1.165, 1.54) is 0 Å². The molecule has 2 aromatic heterocycles. The number of fused-ring (bicyclic) bond motifs is 1. The van der Waals surface area contributed by atoms with Crippen LogP contribution in [0.4, 0.5) is 0 Å². The van der Waals surface area contributed by atoms with Crippen molar-refractivity contribution < 1.29 is 0 Å². The molecule has 2 aromatic rings. The zero-order valence-corrected chi connectivity index (χ0v) is 9.57. The quantitative estimate of drug-likeness (QED) is 0.804. The van der Waals surface area contributed by atoms with Crippen LogP contribution >= 0.6 is 11.6 Å². The van der Waals surface area contributed by atoms with Crippen molar-refractivity contribution in [3.63, 3.8) is 0 Å². The fourth-order valence-corrected chi connectivity index (χ4v) is 1.62. The Balaban J connectivity index is 2.33. The summed E-state index contributed by atoms with van der Waals surface area (Å²) in [7, 11) is 0. The Morgan fingerprint density at radius 3 is 2.93 bits per heavy atom. The van der Waals surface area contributed by atoms with Gasteiger partial charge < -0.3 is 0 Å². The average Bonchev–Trinajstić information content (AvgIpc) is 2.59. The molecule has 0 fully saturated rings. The summed E-state index contributed by atoms with van der Waals surface area (Å²) in [6.45, 7) is 4.38. The van der Waals surface area contributed by atoms with E-state index < -0.39 is 0 Å². The Bertz CT molecular complexity index is 463. The summed E-state index contributed by atoms with van der Waals surface area (Å²) in [4.78, 5) is 3.96. The standard InChI is InChI=1S/C10H13ClN4/c1-7(2)3-4-8-13-14-10-9(11)12-5-6-15(8)10/h5-7H,3-4H2,1-2H3. The first-order chi connectivity index (χ1) is 7.18. The van der Waals surface area contributed by atoms with Gasteiger partial charge in [0.05, 0.1) is 0 Å². The Morgan fingerprint density at radius 2 is 2.20 bits per heavy atom. The Hall–Kier alpha value is -1.16. The molecule has 0 amide bonds. The summed E-state index contributed by atoms with van der Waals surface area (Å²) in [5.41, 5.74) is 0.637. The maximum absolute atomic E-state index is 5.90. The Kier molecular flexibility index (Phi) is 2.86. The van der Waals surface area contributed by atoms with Crippen molar-refractivity contribution in [1.82, 2.24) is 19.6 Å². The molecule has 0 aliphatic rings. The second-order valence-corrected chi connectivity index (χ2v) is 4.32. The largest absolute Gasteiger partial charge is 0.282 e. The number of rotatable bonds is 3. The van der Waals surface area contributed by atoms with Crippen LogP contribution in [0.25, 0.3) is 5.65 Å². The van der Waals surface area contributed by atoms with E-state index in [0.717, 1.165) is 18.7 Å². The Labute approximate surface area is 93.3 Å². The van der Waals surface area contributed by atoms with Crippen molar-refractivity contribution in [3.05, 3.63) is 23.4 Å². The van der Waals surface area contributed by atoms with E-state index in [1.807, 2.05) is 10.6 Å². The summed E-state index contributed by atoms with van der Waals surface area (Å²) in [5, 5.41) is 8.53. The van der Waals surface area contributed by atoms with Gasteiger partial charge in [0.15, 0.2) is 10.8 Å². The molecule has 0 N–H and O–H groups in total. The molecule has 0 radical (unpaired) electrons. The van der Waals surface area contributed by atoms with Crippen molar-refractivity contribution in [2.75, 3.05) is 0 Å². The maximum Gasteiger partial charge on any atom is 0.198 e. The van der Waals surface area contributed by atoms with Gasteiger partial charge in [-0.25, -0.2) is 4.98 Å². The number of aryl methyl sites for hydroxylation is 1. The zero-order chi connectivity index (χ0) is 10.8. The summed E-state index contributed by atoms with van der Waals surface area (Å²) < 4.78 is 1.90. The van der Waals surface area contributed by atoms with Crippen LogP contribution in [0.15, 0.2) is 12.4 Å². The van der Waals surface area contributed by atoms with Crippen molar-refractivity contribution >= 4 is 17.2 Å². The minimum atomic E-state index is 0.404. The second-order valence-electron chi connectivity index (χ2n) is 3.96. The molecule has 0 unspecified atom stereocenters. The highest BCUT2D eigenvalue weighted by Gasteiger charge is 2.08. The van der Waals surface area contributed by atoms with Gasteiger partial charge in [-0.15, -0.1) is 10.2 Å². The van der Waals surface area contributed by atoms with Crippen LogP contribution in [0, 0.1) is 5.92 Å². The molecule has 0 aliphatic carbocycles. The highest BCUT2D eigenvalue weighted by atomic mass is 35.5. The third kappa shape index (κ3) is 2.09. The fourth-order valence-electron chi connectivity index (χ4n) is 1.43. The van der Waals surface area contributed by atoms with Gasteiger partial charge in [0.1, 0.15) is 5.82 Å². The highest BCUT2D eigenvalue weighted by Crippen LogP contribution is 2.14. The molecule has 5 heteroatoms. The number of nitrogens with zero attached hydrogens (tertiary/aromatic N) is 4. The van der Waals surface area contributed by atoms with Gasteiger partial charge in [0.2, 0.25) is 0 Å². The molecule has 0 saturated heterocycles. The normalized spacial score (nSPS) is 11.5. The van der Waals surface area contributed by atoms with Crippen LogP contribution in [0.2, 0.25) is 5.15 Å². The highest BCUT2D eigenvalue weighted by molar-refractivity contribution is 6.32. The monoisotopic (exact) mass is 224 g/mol. The van der Waals surface area contributed by atoms with E-state index in [-0.39, 0.29) is 0 Å². The third-order valence-electron chi connectivity index (χ3n) is 2.30. The smallest absolute Gasteiger partial charge is 0.198 e. The maximum atomic E-state index is 5.90. The van der Waals surface area contributed by atoms with Crippen LogP contribution in [0.5, 0.6) is 0 Å². The molecule has 80 valence electrons. The molecule has 0 bridgehead atoms. The first-order valence-electron chi connectivity index (χ1n) is 5.02. The fraction of sp³-hybridized carbons (Fsp3) is 0.500. The lowest BCUT2D eigenvalue weighted by molar-refractivity contribution is 0.572. The Morgan fingerprint density at radius 1 is 1.40 bits per heavy atom. The lowest BCUT2D eigenvalue weighted by Gasteiger charge is -2.02. The molecule has 0 atom stereocenters. The van der Waals surface area contributed by atoms with Gasteiger partial charge in [-0.3, -0.25) is 4.40 Å². The molecule has 2 heterocycles. The zero-order valence-electron chi connectivity index (χ0n) is 8.81. The SMILES string of the molecule is CC(C)CCc1nnc2c(Cl)nccn12. The van der Waals surface area contributed by atoms with Crippen molar-refractivity contribution in [2.24, 2.45) is 5.92 Å². The molecule has 0 saturated carbocycles. The molecule has 0 aromatic carbocycles. The van der Waals surface area contributed by atoms with Crippen LogP contribution in [-0.2, 0) is 6.42 Å². The van der Waals surface area contributed by atoms with Gasteiger partial charge in [0, 0.05) is 18.8 Å². The number of aromatic nitrogens is 4. The third-order valence-corrected chi connectivity index (χ3v) is 2.57. The summed E-state index contributed by atoms with van der Waals surface area (Å²) in [6, 6.07) is 0. The van der Waals surface area contributed by atoms with Gasteiger partial charge in [-0.1, -0.05) is 25.4 Å². The number of halogens is 1. The van der Waals surface area contributed by atoms with E-state index >= 15 is 0 Å². The molecular weight excluding hydrogens is 212 g/mol. The molecule has 2 rings (SSSR count). The van der Waals surface area contributed by atoms with E-state index in [4.69, 9.17) is 11.6 Å². The first-order valence-corrected chi connectivity index (χ1v) is 5.40. The lowest BCUT2D eigenvalue weighted by Crippen LogP contribution is -1.98. The predicted molar refractivity (Wildman–Crippen MR) is 59.0 cm³/mol. The predicted octanol–water partition coefficient (Wildman–Crippen LogP) is 2.37. The van der Waals surface area contributed by atoms with Gasteiger partial charge in [-0.05, 0) is 12.3 Å². The average molecular weight is 225 g/mol. The number of hydrogen-bond donors (Lipinski definition) is 0. The summed E-state index contributed by atoms with van der Waals surface area (Å²) >= 11 is 5.90. The molecule has 0 spiro atoms. The van der Waals surface area contributed by atoms with E-state index in [0.29, 0.717) is 16.7 Å². The van der Waals surface area contributed by atoms with Crippen molar-refractivity contribution in [2.45, 2.75) is 26.7 Å². The minimum absolute atomic E-state index is 0.404. The molecule has 15 heavy (non-hydrogen) atoms. The van der Waals surface area contributed by atoms with E-state index in [2.05, 4.69) is 29.0 Å². The molecular formula is C10H13ClN4. The summed E-state index contributed by atoms with van der Waals surface area (Å²) in [6.07, 6.45) is 5.52. The van der Waals surface area contributed by atoms with Crippen LogP contribution in [0.1, 0.15) is 26.1 Å². The minimum Gasteiger partial charge on any atom is -0.282 e. The second kappa shape index (κ2) is 4.14. The van der Waals surface area contributed by atoms with Crippen LogP contribution < -0.4 is 0 Å². The lowest BCUT2D eigenvalue weighted by atomic mass is 10.1. The number of hydrogen-bond acceptors (Lipinski definition) is 3. The first kappa shape index (κ1) is 10.4. The molecule has 0 aliphatic heterocycles. The van der Waals surface area contributed by atoms with Gasteiger partial charge in [-0.2, -0.15) is 0 Å². The van der Waals surface area contributed by atoms with E-state index in [1.54, 1.807) is 6.20 Å². The van der Waals surface area contributed by atoms with Gasteiger partial charge in [0.25, 0.3) is 0 Å². The molecule has 4 nitrogen and oxygen atoms in total. The van der Waals surface area contributed by atoms with Crippen LogP contribution in [-0.4, -0.2) is 19.6 Å². The van der Waals surface area contributed by atoms with Gasteiger partial charge >= 0.3 is 0 Å². The topological polar surface area (TPSA) is 43.1 Å².